The Bertz CT molecular complexity index is 327. The van der Waals surface area contributed by atoms with Gasteiger partial charge in [-0.15, -0.1) is 0 Å². The van der Waals surface area contributed by atoms with Crippen LogP contribution in [0.1, 0.15) is 48.3 Å². The molecule has 1 heterocycles. The first-order chi connectivity index (χ1) is 6.74. The van der Waals surface area contributed by atoms with Crippen LogP contribution in [0, 0.1) is 6.92 Å². The van der Waals surface area contributed by atoms with Crippen molar-refractivity contribution in [3.05, 3.63) is 22.6 Å². The Morgan fingerprint density at radius 3 is 2.93 bits per heavy atom. The average Bonchev–Trinajstić information content (AvgIpc) is 2.63. The van der Waals surface area contributed by atoms with E-state index in [9.17, 15) is 0 Å². The van der Waals surface area contributed by atoms with Crippen LogP contribution in [0.15, 0.2) is 4.42 Å². The first kappa shape index (κ1) is 9.78. The number of rotatable bonds is 3. The molecule has 0 saturated carbocycles. The minimum atomic E-state index is 0.561. The van der Waals surface area contributed by atoms with E-state index in [1.54, 1.807) is 0 Å². The van der Waals surface area contributed by atoms with Crippen LogP contribution >= 0.6 is 0 Å². The molecule has 0 radical (unpaired) electrons. The molecule has 14 heavy (non-hydrogen) atoms. The Kier molecular flexibility index (Phi) is 2.64. The molecule has 1 atom stereocenters. The fraction of sp³-hybridized carbons (Fsp3) is 0.667. The van der Waals surface area contributed by atoms with E-state index in [0.29, 0.717) is 5.92 Å². The van der Waals surface area contributed by atoms with Gasteiger partial charge in [0.05, 0.1) is 0 Å². The summed E-state index contributed by atoms with van der Waals surface area (Å²) in [7, 11) is 0. The molecule has 1 aliphatic rings. The lowest BCUT2D eigenvalue weighted by molar-refractivity contribution is 0.481. The zero-order valence-electron chi connectivity index (χ0n) is 9.10. The van der Waals surface area contributed by atoms with Gasteiger partial charge in [-0.2, -0.15) is 0 Å². The van der Waals surface area contributed by atoms with Crippen molar-refractivity contribution in [3.63, 3.8) is 0 Å². The second kappa shape index (κ2) is 3.77. The highest BCUT2D eigenvalue weighted by Gasteiger charge is 2.24. The lowest BCUT2D eigenvalue weighted by atomic mass is 9.93. The summed E-state index contributed by atoms with van der Waals surface area (Å²) in [6.07, 6.45) is 4.66. The molecule has 2 N–H and O–H groups in total. The van der Waals surface area contributed by atoms with E-state index in [1.807, 2.05) is 0 Å². The molecule has 0 amide bonds. The van der Waals surface area contributed by atoms with Crippen LogP contribution in [0.25, 0.3) is 0 Å². The van der Waals surface area contributed by atoms with Gasteiger partial charge in [-0.1, -0.05) is 6.92 Å². The molecule has 0 spiro atoms. The largest absolute Gasteiger partial charge is 0.466 e. The van der Waals surface area contributed by atoms with Gasteiger partial charge < -0.3 is 10.2 Å². The highest BCUT2D eigenvalue weighted by Crippen LogP contribution is 2.35. The Labute approximate surface area is 85.5 Å². The first-order valence-electron chi connectivity index (χ1n) is 5.55. The van der Waals surface area contributed by atoms with Crippen molar-refractivity contribution in [2.75, 3.05) is 6.54 Å². The molecule has 0 saturated heterocycles. The van der Waals surface area contributed by atoms with Gasteiger partial charge in [0, 0.05) is 6.42 Å². The van der Waals surface area contributed by atoms with Crippen molar-refractivity contribution in [2.45, 2.75) is 45.4 Å². The summed E-state index contributed by atoms with van der Waals surface area (Å²) in [6, 6.07) is 0. The highest BCUT2D eigenvalue weighted by molar-refractivity contribution is 5.38. The Balaban J connectivity index is 2.32. The summed E-state index contributed by atoms with van der Waals surface area (Å²) < 4.78 is 5.78. The van der Waals surface area contributed by atoms with Crippen molar-refractivity contribution in [3.8, 4) is 0 Å². The van der Waals surface area contributed by atoms with Crippen LogP contribution in [-0.2, 0) is 12.8 Å². The zero-order valence-corrected chi connectivity index (χ0v) is 9.10. The van der Waals surface area contributed by atoms with Crippen LogP contribution in [-0.4, -0.2) is 6.54 Å². The summed E-state index contributed by atoms with van der Waals surface area (Å²) >= 11 is 0. The van der Waals surface area contributed by atoms with Crippen molar-refractivity contribution in [2.24, 2.45) is 5.73 Å². The van der Waals surface area contributed by atoms with Gasteiger partial charge in [-0.05, 0) is 49.8 Å². The molecule has 2 rings (SSSR count). The maximum atomic E-state index is 5.78. The molecule has 78 valence electrons. The maximum Gasteiger partial charge on any atom is 0.107 e. The van der Waals surface area contributed by atoms with Gasteiger partial charge in [0.15, 0.2) is 0 Å². The standard InChI is InChI=1S/C12H19NO/c1-8(6-7-13)12-9(2)14-11-5-3-4-10(11)12/h8H,3-7,13H2,1-2H3. The molecule has 0 aromatic carbocycles. The molecule has 0 fully saturated rings. The summed E-state index contributed by atoms with van der Waals surface area (Å²) in [5.41, 5.74) is 8.54. The highest BCUT2D eigenvalue weighted by atomic mass is 16.3. The van der Waals surface area contributed by atoms with Crippen LogP contribution in [0.2, 0.25) is 0 Å². The van der Waals surface area contributed by atoms with E-state index < -0.39 is 0 Å². The quantitative estimate of drug-likeness (QED) is 0.801. The van der Waals surface area contributed by atoms with Gasteiger partial charge >= 0.3 is 0 Å². The Hall–Kier alpha value is -0.760. The predicted octanol–water partition coefficient (Wildman–Crippen LogP) is 2.53. The minimum Gasteiger partial charge on any atom is -0.466 e. The molecular formula is C12H19NO. The fourth-order valence-electron chi connectivity index (χ4n) is 2.60. The zero-order chi connectivity index (χ0) is 10.1. The molecule has 1 aromatic heterocycles. The third-order valence-corrected chi connectivity index (χ3v) is 3.24. The third kappa shape index (κ3) is 1.48. The normalized spacial score (nSPS) is 17.1. The number of nitrogens with two attached hydrogens (primary N) is 1. The molecule has 0 bridgehead atoms. The van der Waals surface area contributed by atoms with Gasteiger partial charge in [-0.3, -0.25) is 0 Å². The number of fused-ring (bicyclic) bond motifs is 1. The third-order valence-electron chi connectivity index (χ3n) is 3.24. The fourth-order valence-corrected chi connectivity index (χ4v) is 2.60. The second-order valence-corrected chi connectivity index (χ2v) is 4.31. The molecule has 2 nitrogen and oxygen atoms in total. The number of aryl methyl sites for hydroxylation is 2. The number of hydrogen-bond acceptors (Lipinski definition) is 2. The topological polar surface area (TPSA) is 39.2 Å². The van der Waals surface area contributed by atoms with Crippen molar-refractivity contribution in [1.29, 1.82) is 0 Å². The van der Waals surface area contributed by atoms with Crippen molar-refractivity contribution in [1.82, 2.24) is 0 Å². The van der Waals surface area contributed by atoms with E-state index in [2.05, 4.69) is 13.8 Å². The Morgan fingerprint density at radius 1 is 1.43 bits per heavy atom. The van der Waals surface area contributed by atoms with Crippen LogP contribution in [0.3, 0.4) is 0 Å². The lowest BCUT2D eigenvalue weighted by Gasteiger charge is -2.10. The summed E-state index contributed by atoms with van der Waals surface area (Å²) in [6.45, 7) is 5.10. The van der Waals surface area contributed by atoms with Crippen LogP contribution in [0.4, 0.5) is 0 Å². The van der Waals surface area contributed by atoms with Crippen molar-refractivity contribution >= 4 is 0 Å². The Morgan fingerprint density at radius 2 is 2.21 bits per heavy atom. The lowest BCUT2D eigenvalue weighted by Crippen LogP contribution is -2.06. The molecule has 1 unspecified atom stereocenters. The maximum absolute atomic E-state index is 5.78. The summed E-state index contributed by atoms with van der Waals surface area (Å²) in [5.74, 6) is 2.92. The second-order valence-electron chi connectivity index (χ2n) is 4.31. The number of hydrogen-bond donors (Lipinski definition) is 1. The van der Waals surface area contributed by atoms with Crippen LogP contribution in [0.5, 0.6) is 0 Å². The van der Waals surface area contributed by atoms with Gasteiger partial charge in [-0.25, -0.2) is 0 Å². The summed E-state index contributed by atoms with van der Waals surface area (Å²) in [4.78, 5) is 0. The van der Waals surface area contributed by atoms with E-state index >= 15 is 0 Å². The van der Waals surface area contributed by atoms with E-state index in [1.165, 1.54) is 29.7 Å². The minimum absolute atomic E-state index is 0.561. The number of furan rings is 1. The average molecular weight is 193 g/mol. The monoisotopic (exact) mass is 193 g/mol. The van der Waals surface area contributed by atoms with E-state index in [-0.39, 0.29) is 0 Å². The van der Waals surface area contributed by atoms with Gasteiger partial charge in [0.2, 0.25) is 0 Å². The van der Waals surface area contributed by atoms with Crippen LogP contribution < -0.4 is 5.73 Å². The molecule has 2 heteroatoms. The summed E-state index contributed by atoms with van der Waals surface area (Å²) in [5, 5.41) is 0. The van der Waals surface area contributed by atoms with Gasteiger partial charge in [0.1, 0.15) is 11.5 Å². The van der Waals surface area contributed by atoms with Crippen molar-refractivity contribution < 1.29 is 4.42 Å². The van der Waals surface area contributed by atoms with E-state index in [0.717, 1.165) is 25.1 Å². The molecule has 1 aliphatic carbocycles. The smallest absolute Gasteiger partial charge is 0.107 e. The molecule has 0 aliphatic heterocycles. The molecule has 1 aromatic rings. The predicted molar refractivity (Wildman–Crippen MR) is 57.6 cm³/mol. The molecular weight excluding hydrogens is 174 g/mol. The first-order valence-corrected chi connectivity index (χ1v) is 5.55. The van der Waals surface area contributed by atoms with E-state index in [4.69, 9.17) is 10.2 Å². The SMILES string of the molecule is Cc1oc2c(c1C(C)CCN)CCC2. The van der Waals surface area contributed by atoms with Gasteiger partial charge in [0.25, 0.3) is 0 Å².